The molecule has 0 aromatic heterocycles. The number of benzene rings is 1. The lowest BCUT2D eigenvalue weighted by Gasteiger charge is -2.09. The Kier molecular flexibility index (Phi) is 5.61. The Hall–Kier alpha value is -1.51. The van der Waals surface area contributed by atoms with Gasteiger partial charge in [-0.1, -0.05) is 0 Å². The zero-order valence-corrected chi connectivity index (χ0v) is 12.0. The summed E-state index contributed by atoms with van der Waals surface area (Å²) >= 11 is 0. The Morgan fingerprint density at radius 1 is 1.35 bits per heavy atom. The van der Waals surface area contributed by atoms with Crippen LogP contribution in [0.5, 0.6) is 0 Å². The van der Waals surface area contributed by atoms with Gasteiger partial charge in [0.2, 0.25) is 10.0 Å². The molecule has 0 spiro atoms. The lowest BCUT2D eigenvalue weighted by Crippen LogP contribution is -2.17. The smallest absolute Gasteiger partial charge is 0.341 e. The Balaban J connectivity index is 2.99. The van der Waals surface area contributed by atoms with Crippen LogP contribution in [0.25, 0.3) is 0 Å². The van der Waals surface area contributed by atoms with Crippen molar-refractivity contribution in [3.8, 4) is 0 Å². The maximum atomic E-state index is 13.8. The topological polar surface area (TPSA) is 95.7 Å². The summed E-state index contributed by atoms with van der Waals surface area (Å²) in [5, 5.41) is 4.96. The van der Waals surface area contributed by atoms with E-state index in [0.717, 1.165) is 12.1 Å². The van der Waals surface area contributed by atoms with Gasteiger partial charge in [0.05, 0.1) is 17.1 Å². The van der Waals surface area contributed by atoms with Gasteiger partial charge in [0.25, 0.3) is 0 Å². The molecule has 6 nitrogen and oxygen atoms in total. The van der Waals surface area contributed by atoms with Gasteiger partial charge in [-0.3, -0.25) is 0 Å². The first-order valence-electron chi connectivity index (χ1n) is 5.85. The lowest BCUT2D eigenvalue weighted by molar-refractivity contribution is 0.0330. The molecule has 0 aliphatic carbocycles. The van der Waals surface area contributed by atoms with E-state index in [4.69, 9.17) is 14.6 Å². The van der Waals surface area contributed by atoms with Crippen molar-refractivity contribution in [3.63, 3.8) is 0 Å². The Labute approximate surface area is 116 Å². The van der Waals surface area contributed by atoms with Crippen LogP contribution >= 0.6 is 0 Å². The van der Waals surface area contributed by atoms with Gasteiger partial charge in [0.15, 0.2) is 0 Å². The van der Waals surface area contributed by atoms with Crippen LogP contribution < -0.4 is 5.14 Å². The largest absolute Gasteiger partial charge is 0.460 e. The van der Waals surface area contributed by atoms with Crippen molar-refractivity contribution in [3.05, 3.63) is 29.1 Å². The molecule has 0 saturated carbocycles. The maximum absolute atomic E-state index is 13.8. The standard InChI is InChI=1S/C12H16FNO5S/c1-3-18-4-5-19-12(15)10-7-9(20(14,16)17)6-8(2)11(10)13/h6-7H,3-5H2,1-2H3,(H2,14,16,17). The SMILES string of the molecule is CCOCCOC(=O)c1cc(S(N)(=O)=O)cc(C)c1F. The summed E-state index contributed by atoms with van der Waals surface area (Å²) in [6.45, 7) is 3.70. The van der Waals surface area contributed by atoms with E-state index in [0.29, 0.717) is 6.61 Å². The van der Waals surface area contributed by atoms with Crippen molar-refractivity contribution in [2.45, 2.75) is 18.7 Å². The number of hydrogen-bond donors (Lipinski definition) is 1. The number of rotatable bonds is 6. The molecule has 1 rings (SSSR count). The normalized spacial score (nSPS) is 11.4. The maximum Gasteiger partial charge on any atom is 0.341 e. The van der Waals surface area contributed by atoms with Crippen molar-refractivity contribution in [1.29, 1.82) is 0 Å². The Morgan fingerprint density at radius 3 is 2.55 bits per heavy atom. The molecule has 0 fully saturated rings. The van der Waals surface area contributed by atoms with Crippen LogP contribution in [-0.2, 0) is 19.5 Å². The average molecular weight is 305 g/mol. The number of carbonyl (C=O) groups excluding carboxylic acids is 1. The zero-order chi connectivity index (χ0) is 15.3. The molecule has 112 valence electrons. The summed E-state index contributed by atoms with van der Waals surface area (Å²) in [5.41, 5.74) is -0.473. The number of halogens is 1. The van der Waals surface area contributed by atoms with Crippen molar-refractivity contribution in [2.75, 3.05) is 19.8 Å². The second kappa shape index (κ2) is 6.78. The number of esters is 1. The van der Waals surface area contributed by atoms with Gasteiger partial charge in [-0.05, 0) is 31.5 Å². The van der Waals surface area contributed by atoms with E-state index in [1.54, 1.807) is 6.92 Å². The fraction of sp³-hybridized carbons (Fsp3) is 0.417. The summed E-state index contributed by atoms with van der Waals surface area (Å²) in [6.07, 6.45) is 0. The quantitative estimate of drug-likeness (QED) is 0.624. The lowest BCUT2D eigenvalue weighted by atomic mass is 10.1. The molecule has 0 atom stereocenters. The third kappa shape index (κ3) is 4.26. The minimum Gasteiger partial charge on any atom is -0.460 e. The summed E-state index contributed by atoms with van der Waals surface area (Å²) in [7, 11) is -4.03. The second-order valence-electron chi connectivity index (χ2n) is 3.98. The van der Waals surface area contributed by atoms with Gasteiger partial charge in [-0.15, -0.1) is 0 Å². The molecule has 0 unspecified atom stereocenters. The minimum atomic E-state index is -4.03. The highest BCUT2D eigenvalue weighted by Crippen LogP contribution is 2.19. The highest BCUT2D eigenvalue weighted by Gasteiger charge is 2.20. The molecule has 1 aromatic rings. The molecule has 1 aromatic carbocycles. The van der Waals surface area contributed by atoms with E-state index < -0.39 is 27.4 Å². The Bertz CT molecular complexity index is 600. The average Bonchev–Trinajstić information content (AvgIpc) is 2.36. The Morgan fingerprint density at radius 2 is 2.00 bits per heavy atom. The predicted molar refractivity (Wildman–Crippen MR) is 69.3 cm³/mol. The van der Waals surface area contributed by atoms with Crippen molar-refractivity contribution >= 4 is 16.0 Å². The van der Waals surface area contributed by atoms with Crippen molar-refractivity contribution < 1.29 is 27.1 Å². The fourth-order valence-corrected chi connectivity index (χ4v) is 2.09. The van der Waals surface area contributed by atoms with E-state index in [1.165, 1.54) is 6.92 Å². The van der Waals surface area contributed by atoms with Crippen molar-refractivity contribution in [2.24, 2.45) is 5.14 Å². The second-order valence-corrected chi connectivity index (χ2v) is 5.54. The highest BCUT2D eigenvalue weighted by molar-refractivity contribution is 7.89. The van der Waals surface area contributed by atoms with Crippen LogP contribution in [0.4, 0.5) is 4.39 Å². The first kappa shape index (κ1) is 16.5. The third-order valence-corrected chi connectivity index (χ3v) is 3.33. The zero-order valence-electron chi connectivity index (χ0n) is 11.2. The monoisotopic (exact) mass is 305 g/mol. The van der Waals surface area contributed by atoms with E-state index >= 15 is 0 Å². The molecule has 0 amide bonds. The number of hydrogen-bond acceptors (Lipinski definition) is 5. The van der Waals surface area contributed by atoms with E-state index in [2.05, 4.69) is 0 Å². The molecule has 8 heteroatoms. The minimum absolute atomic E-state index is 0.00622. The molecule has 0 radical (unpaired) electrons. The fourth-order valence-electron chi connectivity index (χ4n) is 1.46. The molecule has 0 aliphatic heterocycles. The van der Waals surface area contributed by atoms with Gasteiger partial charge in [0, 0.05) is 6.61 Å². The van der Waals surface area contributed by atoms with Gasteiger partial charge >= 0.3 is 5.97 Å². The summed E-state index contributed by atoms with van der Waals surface area (Å²) in [4.78, 5) is 11.4. The summed E-state index contributed by atoms with van der Waals surface area (Å²) in [5.74, 6) is -1.80. The summed E-state index contributed by atoms with van der Waals surface area (Å²) < 4.78 is 46.1. The third-order valence-electron chi connectivity index (χ3n) is 2.44. The van der Waals surface area contributed by atoms with Crippen LogP contribution in [-0.4, -0.2) is 34.2 Å². The van der Waals surface area contributed by atoms with Crippen LogP contribution in [0.2, 0.25) is 0 Å². The summed E-state index contributed by atoms with van der Waals surface area (Å²) in [6, 6.07) is 1.92. The van der Waals surface area contributed by atoms with Crippen LogP contribution in [0.3, 0.4) is 0 Å². The van der Waals surface area contributed by atoms with Crippen molar-refractivity contribution in [1.82, 2.24) is 0 Å². The highest BCUT2D eigenvalue weighted by atomic mass is 32.2. The number of carbonyl (C=O) groups is 1. The molecule has 0 aliphatic rings. The van der Waals surface area contributed by atoms with E-state index in [1.807, 2.05) is 0 Å². The van der Waals surface area contributed by atoms with Gasteiger partial charge in [-0.2, -0.15) is 0 Å². The molecule has 20 heavy (non-hydrogen) atoms. The predicted octanol–water partition coefficient (Wildman–Crippen LogP) is 0.975. The number of aryl methyl sites for hydroxylation is 1. The van der Waals surface area contributed by atoms with E-state index in [-0.39, 0.29) is 23.7 Å². The first-order chi connectivity index (χ1) is 9.27. The van der Waals surface area contributed by atoms with Gasteiger partial charge in [0.1, 0.15) is 12.4 Å². The number of ether oxygens (including phenoxy) is 2. The van der Waals surface area contributed by atoms with Gasteiger partial charge in [-0.25, -0.2) is 22.7 Å². The number of nitrogens with two attached hydrogens (primary N) is 1. The van der Waals surface area contributed by atoms with Gasteiger partial charge < -0.3 is 9.47 Å². The number of primary sulfonamides is 1. The molecular formula is C12H16FNO5S. The molecule has 2 N–H and O–H groups in total. The molecular weight excluding hydrogens is 289 g/mol. The van der Waals surface area contributed by atoms with Crippen LogP contribution in [0.1, 0.15) is 22.8 Å². The molecule has 0 saturated heterocycles. The van der Waals surface area contributed by atoms with E-state index in [9.17, 15) is 17.6 Å². The first-order valence-corrected chi connectivity index (χ1v) is 7.39. The number of sulfonamides is 1. The molecule has 0 heterocycles. The van der Waals surface area contributed by atoms with Crippen LogP contribution in [0, 0.1) is 12.7 Å². The van der Waals surface area contributed by atoms with Crippen LogP contribution in [0.15, 0.2) is 17.0 Å². The molecule has 0 bridgehead atoms.